The first-order chi connectivity index (χ1) is 30.8. The smallest absolute Gasteiger partial charge is 0.310 e. The highest BCUT2D eigenvalue weighted by molar-refractivity contribution is 6.14. The van der Waals surface area contributed by atoms with Gasteiger partial charge in [-0.1, -0.05) is 140 Å². The van der Waals surface area contributed by atoms with Gasteiger partial charge in [-0.3, -0.25) is 0 Å². The van der Waals surface area contributed by atoms with E-state index in [-0.39, 0.29) is 0 Å². The number of benzene rings is 9. The SMILES string of the molecule is [C-]#[N+]c1cccc(-n2c3ccccc3c3cc(-c4ccccc4)ccc32)c1-c1c(-c2cc(C)cc(C(F)(F)F)c2)cccc1-n1c2ccccc2c2cc(-c3ccccc3)ccc21. The minimum absolute atomic E-state index is 0.379. The van der Waals surface area contributed by atoms with E-state index < -0.39 is 11.7 Å². The maximum atomic E-state index is 14.6. The van der Waals surface area contributed by atoms with Crippen LogP contribution in [-0.2, 0) is 6.18 Å². The first kappa shape index (κ1) is 37.8. The maximum Gasteiger partial charge on any atom is 0.416 e. The van der Waals surface area contributed by atoms with E-state index >= 15 is 0 Å². The molecule has 9 aromatic carbocycles. The quantitative estimate of drug-likeness (QED) is 0.148. The summed E-state index contributed by atoms with van der Waals surface area (Å²) in [6, 6.07) is 65.7. The summed E-state index contributed by atoms with van der Waals surface area (Å²) in [7, 11) is 0. The van der Waals surface area contributed by atoms with Gasteiger partial charge in [-0.15, -0.1) is 0 Å². The molecular formula is C57H36F3N3. The second-order valence-corrected chi connectivity index (χ2v) is 16.0. The molecule has 0 saturated heterocycles. The summed E-state index contributed by atoms with van der Waals surface area (Å²) < 4.78 is 48.4. The number of aromatic nitrogens is 2. The lowest BCUT2D eigenvalue weighted by Gasteiger charge is -2.23. The summed E-state index contributed by atoms with van der Waals surface area (Å²) in [6.45, 7) is 10.4. The summed E-state index contributed by atoms with van der Waals surface area (Å²) in [5.74, 6) is 0. The predicted molar refractivity (Wildman–Crippen MR) is 253 cm³/mol. The number of aryl methyl sites for hydroxylation is 1. The Balaban J connectivity index is 1.27. The largest absolute Gasteiger partial charge is 0.416 e. The topological polar surface area (TPSA) is 14.2 Å². The van der Waals surface area contributed by atoms with Crippen molar-refractivity contribution in [1.82, 2.24) is 9.13 Å². The number of alkyl halides is 3. The van der Waals surface area contributed by atoms with Gasteiger partial charge in [0.15, 0.2) is 5.69 Å². The van der Waals surface area contributed by atoms with Crippen molar-refractivity contribution in [1.29, 1.82) is 0 Å². The molecule has 0 amide bonds. The zero-order valence-corrected chi connectivity index (χ0v) is 34.0. The van der Waals surface area contributed by atoms with Gasteiger partial charge in [0.2, 0.25) is 0 Å². The second-order valence-electron chi connectivity index (χ2n) is 16.0. The Labute approximate surface area is 362 Å². The van der Waals surface area contributed by atoms with Crippen LogP contribution >= 0.6 is 0 Å². The first-order valence-corrected chi connectivity index (χ1v) is 20.8. The van der Waals surface area contributed by atoms with Gasteiger partial charge >= 0.3 is 6.18 Å². The van der Waals surface area contributed by atoms with Crippen molar-refractivity contribution in [2.24, 2.45) is 0 Å². The third-order valence-corrected chi connectivity index (χ3v) is 12.2. The summed E-state index contributed by atoms with van der Waals surface area (Å²) in [4.78, 5) is 4.18. The molecule has 0 aliphatic carbocycles. The summed E-state index contributed by atoms with van der Waals surface area (Å²) in [6.07, 6.45) is -4.57. The molecule has 3 nitrogen and oxygen atoms in total. The van der Waals surface area contributed by atoms with Crippen LogP contribution in [0.4, 0.5) is 18.9 Å². The third-order valence-electron chi connectivity index (χ3n) is 12.2. The molecule has 11 aromatic rings. The Kier molecular flexibility index (Phi) is 8.88. The number of hydrogen-bond donors (Lipinski definition) is 0. The van der Waals surface area contributed by atoms with E-state index in [0.29, 0.717) is 33.5 Å². The third kappa shape index (κ3) is 6.28. The highest BCUT2D eigenvalue weighted by Gasteiger charge is 2.32. The van der Waals surface area contributed by atoms with Crippen molar-refractivity contribution in [3.63, 3.8) is 0 Å². The Hall–Kier alpha value is -8.14. The van der Waals surface area contributed by atoms with Crippen molar-refractivity contribution < 1.29 is 13.2 Å². The molecule has 11 rings (SSSR count). The molecule has 300 valence electrons. The fourth-order valence-electron chi connectivity index (χ4n) is 9.48. The van der Waals surface area contributed by atoms with Crippen LogP contribution in [0.15, 0.2) is 200 Å². The summed E-state index contributed by atoms with van der Waals surface area (Å²) in [5.41, 5.74) is 12.0. The van der Waals surface area contributed by atoms with Gasteiger partial charge in [0, 0.05) is 38.4 Å². The van der Waals surface area contributed by atoms with Gasteiger partial charge in [0.25, 0.3) is 0 Å². The van der Waals surface area contributed by atoms with Crippen molar-refractivity contribution in [2.45, 2.75) is 13.1 Å². The molecule has 0 aliphatic rings. The number of para-hydroxylation sites is 2. The molecule has 0 spiro atoms. The lowest BCUT2D eigenvalue weighted by molar-refractivity contribution is -0.137. The number of fused-ring (bicyclic) bond motifs is 6. The van der Waals surface area contributed by atoms with E-state index in [1.807, 2.05) is 103 Å². The van der Waals surface area contributed by atoms with Crippen molar-refractivity contribution >= 4 is 49.3 Å². The second kappa shape index (κ2) is 14.8. The molecular weight excluding hydrogens is 784 g/mol. The number of hydrogen-bond acceptors (Lipinski definition) is 0. The van der Waals surface area contributed by atoms with Gasteiger partial charge in [-0.05, 0) is 107 Å². The van der Waals surface area contributed by atoms with E-state index in [4.69, 9.17) is 6.57 Å². The van der Waals surface area contributed by atoms with E-state index in [1.54, 1.807) is 6.92 Å². The Morgan fingerprint density at radius 2 is 0.905 bits per heavy atom. The molecule has 63 heavy (non-hydrogen) atoms. The van der Waals surface area contributed by atoms with Crippen LogP contribution in [-0.4, -0.2) is 9.13 Å². The van der Waals surface area contributed by atoms with Crippen LogP contribution in [0.3, 0.4) is 0 Å². The van der Waals surface area contributed by atoms with Gasteiger partial charge in [0.05, 0.1) is 39.9 Å². The minimum Gasteiger partial charge on any atom is -0.310 e. The lowest BCUT2D eigenvalue weighted by atomic mass is 9.89. The number of halogens is 3. The molecule has 0 aliphatic heterocycles. The molecule has 0 bridgehead atoms. The first-order valence-electron chi connectivity index (χ1n) is 20.8. The molecule has 0 N–H and O–H groups in total. The van der Waals surface area contributed by atoms with Crippen LogP contribution in [0.25, 0.3) is 104 Å². The van der Waals surface area contributed by atoms with Crippen LogP contribution in [0.1, 0.15) is 11.1 Å². The highest BCUT2D eigenvalue weighted by atomic mass is 19.4. The molecule has 0 unspecified atom stereocenters. The fraction of sp³-hybridized carbons (Fsp3) is 0.0351. The monoisotopic (exact) mass is 819 g/mol. The minimum atomic E-state index is -4.57. The van der Waals surface area contributed by atoms with Gasteiger partial charge in [0.1, 0.15) is 0 Å². The highest BCUT2D eigenvalue weighted by Crippen LogP contribution is 2.49. The van der Waals surface area contributed by atoms with Crippen LogP contribution in [0.5, 0.6) is 0 Å². The summed E-state index contributed by atoms with van der Waals surface area (Å²) >= 11 is 0. The lowest BCUT2D eigenvalue weighted by Crippen LogP contribution is -2.06. The zero-order chi connectivity index (χ0) is 42.8. The Bertz CT molecular complexity index is 3630. The average molecular weight is 820 g/mol. The fourth-order valence-corrected chi connectivity index (χ4v) is 9.48. The van der Waals surface area contributed by atoms with Crippen LogP contribution in [0.2, 0.25) is 0 Å². The van der Waals surface area contributed by atoms with Crippen LogP contribution in [0, 0.1) is 13.5 Å². The van der Waals surface area contributed by atoms with Gasteiger partial charge in [-0.2, -0.15) is 13.2 Å². The molecule has 0 radical (unpaired) electrons. The zero-order valence-electron chi connectivity index (χ0n) is 34.0. The molecule has 2 heterocycles. The number of nitrogens with zero attached hydrogens (tertiary/aromatic N) is 3. The average Bonchev–Trinajstić information content (AvgIpc) is 3.83. The molecule has 0 fully saturated rings. The molecule has 0 saturated carbocycles. The van der Waals surface area contributed by atoms with Crippen LogP contribution < -0.4 is 0 Å². The number of rotatable bonds is 6. The van der Waals surface area contributed by atoms with Crippen molar-refractivity contribution in [3.8, 4) is 55.9 Å². The van der Waals surface area contributed by atoms with Gasteiger partial charge < -0.3 is 9.13 Å². The Morgan fingerprint density at radius 3 is 1.44 bits per heavy atom. The molecule has 0 atom stereocenters. The van der Waals surface area contributed by atoms with E-state index in [2.05, 4.69) is 98.9 Å². The Morgan fingerprint density at radius 1 is 0.413 bits per heavy atom. The van der Waals surface area contributed by atoms with Crippen molar-refractivity contribution in [3.05, 3.63) is 223 Å². The van der Waals surface area contributed by atoms with Crippen molar-refractivity contribution in [2.75, 3.05) is 0 Å². The predicted octanol–water partition coefficient (Wildman–Crippen LogP) is 16.4. The molecule has 6 heteroatoms. The van der Waals surface area contributed by atoms with E-state index in [9.17, 15) is 13.2 Å². The standard InChI is InChI=1S/C57H36F3N3/c1-36-31-41(33-42(32-36)57(58,59)60)43-21-13-25-53(62-49-23-11-9-19-44(49)46-34-39(27-29-51(46)62)37-15-5-3-6-16-37)55(43)56-48(61-2)22-14-26-54(56)63-50-24-12-10-20-45(50)47-35-40(28-30-52(47)63)38-17-7-4-8-18-38/h3-35H,1H3. The molecule has 2 aromatic heterocycles. The summed E-state index contributed by atoms with van der Waals surface area (Å²) in [5, 5.41) is 4.16. The normalized spacial score (nSPS) is 11.8. The van der Waals surface area contributed by atoms with E-state index in [0.717, 1.165) is 77.2 Å². The van der Waals surface area contributed by atoms with Gasteiger partial charge in [-0.25, -0.2) is 4.85 Å². The maximum absolute atomic E-state index is 14.6. The van der Waals surface area contributed by atoms with E-state index in [1.165, 1.54) is 12.1 Å².